The lowest BCUT2D eigenvalue weighted by Crippen LogP contribution is -2.24. The number of benzene rings is 3. The van der Waals surface area contributed by atoms with Crippen molar-refractivity contribution in [1.82, 2.24) is 5.43 Å². The maximum Gasteiger partial charge on any atom is 0.343 e. The van der Waals surface area contributed by atoms with Gasteiger partial charge in [0.2, 0.25) is 0 Å². The molecule has 6 nitrogen and oxygen atoms in total. The fourth-order valence-corrected chi connectivity index (χ4v) is 3.95. The van der Waals surface area contributed by atoms with Gasteiger partial charge in [0.05, 0.1) is 21.3 Å². The number of hydrogen-bond donors (Lipinski definition) is 1. The van der Waals surface area contributed by atoms with Crippen LogP contribution in [0.1, 0.15) is 15.9 Å². The third-order valence-electron chi connectivity index (χ3n) is 3.83. The zero-order valence-electron chi connectivity index (χ0n) is 15.8. The molecule has 0 saturated heterocycles. The van der Waals surface area contributed by atoms with Gasteiger partial charge in [0.15, 0.2) is 12.4 Å². The zero-order chi connectivity index (χ0) is 22.2. The number of hydrogen-bond acceptors (Lipinski definition) is 5. The fraction of sp³-hybridized carbons (Fsp3) is 0.0455. The molecule has 3 rings (SSSR count). The molecular formula is C22H15Br2ClN2O4. The van der Waals surface area contributed by atoms with Crippen LogP contribution in [-0.4, -0.2) is 24.7 Å². The highest BCUT2D eigenvalue weighted by Crippen LogP contribution is 2.32. The van der Waals surface area contributed by atoms with Gasteiger partial charge in [-0.05, 0) is 52.3 Å². The molecule has 0 bridgehead atoms. The molecule has 0 spiro atoms. The summed E-state index contributed by atoms with van der Waals surface area (Å²) in [5.74, 6) is -0.333. The van der Waals surface area contributed by atoms with Gasteiger partial charge in [0.25, 0.3) is 5.91 Å². The van der Waals surface area contributed by atoms with Crippen molar-refractivity contribution in [2.75, 3.05) is 6.61 Å². The van der Waals surface area contributed by atoms with Crippen LogP contribution in [0.15, 0.2) is 80.8 Å². The average Bonchev–Trinajstić information content (AvgIpc) is 2.76. The highest BCUT2D eigenvalue weighted by atomic mass is 79.9. The van der Waals surface area contributed by atoms with Gasteiger partial charge in [-0.3, -0.25) is 4.79 Å². The van der Waals surface area contributed by atoms with Crippen LogP contribution in [0.4, 0.5) is 0 Å². The van der Waals surface area contributed by atoms with Crippen molar-refractivity contribution in [2.24, 2.45) is 5.10 Å². The van der Waals surface area contributed by atoms with E-state index in [9.17, 15) is 9.59 Å². The van der Waals surface area contributed by atoms with Gasteiger partial charge in [0.1, 0.15) is 5.75 Å². The number of ether oxygens (including phenoxy) is 2. The van der Waals surface area contributed by atoms with Gasteiger partial charge in [-0.2, -0.15) is 5.10 Å². The molecule has 0 unspecified atom stereocenters. The highest BCUT2D eigenvalue weighted by molar-refractivity contribution is 9.11. The van der Waals surface area contributed by atoms with Crippen LogP contribution in [0.3, 0.4) is 0 Å². The Bertz CT molecular complexity index is 1120. The van der Waals surface area contributed by atoms with Crippen LogP contribution in [0.25, 0.3) is 0 Å². The van der Waals surface area contributed by atoms with E-state index in [1.54, 1.807) is 60.7 Å². The minimum absolute atomic E-state index is 0.265. The van der Waals surface area contributed by atoms with Gasteiger partial charge in [-0.1, -0.05) is 57.9 Å². The van der Waals surface area contributed by atoms with E-state index in [4.69, 9.17) is 21.1 Å². The largest absolute Gasteiger partial charge is 0.482 e. The first kappa shape index (κ1) is 23.0. The maximum absolute atomic E-state index is 12.4. The number of amides is 1. The Balaban J connectivity index is 1.67. The summed E-state index contributed by atoms with van der Waals surface area (Å²) in [6.07, 6.45) is 1.37. The number of nitrogens with one attached hydrogen (secondary N) is 1. The average molecular weight is 567 g/mol. The molecule has 0 aliphatic heterocycles. The number of rotatable bonds is 7. The summed E-state index contributed by atoms with van der Waals surface area (Å²) in [4.78, 5) is 24.4. The number of carbonyl (C=O) groups is 2. The van der Waals surface area contributed by atoms with E-state index in [0.717, 1.165) is 4.47 Å². The van der Waals surface area contributed by atoms with E-state index >= 15 is 0 Å². The molecule has 158 valence electrons. The summed E-state index contributed by atoms with van der Waals surface area (Å²) in [5.41, 5.74) is 3.24. The molecule has 0 aromatic heterocycles. The number of para-hydroxylation sites is 1. The number of nitrogens with zero attached hydrogens (tertiary/aromatic N) is 1. The van der Waals surface area contributed by atoms with Gasteiger partial charge in [0, 0.05) is 10.0 Å². The van der Waals surface area contributed by atoms with Crippen molar-refractivity contribution in [1.29, 1.82) is 0 Å². The minimum Gasteiger partial charge on any atom is -0.482 e. The predicted octanol–water partition coefficient (Wildman–Crippen LogP) is 5.61. The van der Waals surface area contributed by atoms with Crippen LogP contribution in [-0.2, 0) is 4.79 Å². The second-order valence-electron chi connectivity index (χ2n) is 6.07. The number of carbonyl (C=O) groups excluding carboxylic acids is 2. The van der Waals surface area contributed by atoms with Crippen LogP contribution in [0.5, 0.6) is 11.5 Å². The molecule has 3 aromatic rings. The lowest BCUT2D eigenvalue weighted by atomic mass is 10.2. The molecule has 1 amide bonds. The topological polar surface area (TPSA) is 77.0 Å². The molecule has 3 aromatic carbocycles. The van der Waals surface area contributed by atoms with Crippen molar-refractivity contribution in [3.63, 3.8) is 0 Å². The Morgan fingerprint density at radius 3 is 2.48 bits per heavy atom. The summed E-state index contributed by atoms with van der Waals surface area (Å²) >= 11 is 12.8. The maximum atomic E-state index is 12.4. The molecule has 0 atom stereocenters. The van der Waals surface area contributed by atoms with Crippen molar-refractivity contribution >= 4 is 61.6 Å². The van der Waals surface area contributed by atoms with E-state index in [-0.39, 0.29) is 12.4 Å². The smallest absolute Gasteiger partial charge is 0.343 e. The molecule has 31 heavy (non-hydrogen) atoms. The first-order valence-electron chi connectivity index (χ1n) is 8.89. The molecule has 0 aliphatic rings. The van der Waals surface area contributed by atoms with Crippen LogP contribution >= 0.6 is 43.5 Å². The number of hydrazone groups is 1. The van der Waals surface area contributed by atoms with Crippen LogP contribution in [0, 0.1) is 0 Å². The normalized spacial score (nSPS) is 10.7. The van der Waals surface area contributed by atoms with E-state index in [1.807, 2.05) is 6.07 Å². The Morgan fingerprint density at radius 2 is 1.74 bits per heavy atom. The third-order valence-corrected chi connectivity index (χ3v) is 5.19. The molecule has 0 heterocycles. The second kappa shape index (κ2) is 11.1. The molecule has 0 fully saturated rings. The van der Waals surface area contributed by atoms with Crippen molar-refractivity contribution < 1.29 is 19.1 Å². The van der Waals surface area contributed by atoms with Gasteiger partial charge in [-0.25, -0.2) is 10.2 Å². The van der Waals surface area contributed by atoms with Crippen LogP contribution in [0.2, 0.25) is 5.02 Å². The molecule has 9 heteroatoms. The SMILES string of the molecule is O=C(COc1ccccc1Cl)NN=Cc1cc(Br)cc(Br)c1OC(=O)c1ccccc1. The third kappa shape index (κ3) is 6.65. The quantitative estimate of drug-likeness (QED) is 0.175. The summed E-state index contributed by atoms with van der Waals surface area (Å²) in [6, 6.07) is 18.9. The van der Waals surface area contributed by atoms with Crippen molar-refractivity contribution in [2.45, 2.75) is 0 Å². The Hall–Kier alpha value is -2.68. The molecule has 0 aliphatic carbocycles. The summed E-state index contributed by atoms with van der Waals surface area (Å²) in [5, 5.41) is 4.33. The predicted molar refractivity (Wildman–Crippen MR) is 126 cm³/mol. The monoisotopic (exact) mass is 564 g/mol. The van der Waals surface area contributed by atoms with E-state index in [0.29, 0.717) is 26.4 Å². The second-order valence-corrected chi connectivity index (χ2v) is 8.25. The first-order chi connectivity index (χ1) is 14.9. The Morgan fingerprint density at radius 1 is 1.03 bits per heavy atom. The van der Waals surface area contributed by atoms with E-state index in [2.05, 4.69) is 42.4 Å². The summed E-state index contributed by atoms with van der Waals surface area (Å²) in [6.45, 7) is -0.265. The molecule has 0 saturated carbocycles. The zero-order valence-corrected chi connectivity index (χ0v) is 19.8. The van der Waals surface area contributed by atoms with E-state index in [1.165, 1.54) is 6.21 Å². The van der Waals surface area contributed by atoms with Crippen molar-refractivity contribution in [3.8, 4) is 11.5 Å². The number of halogens is 3. The van der Waals surface area contributed by atoms with Gasteiger partial charge in [-0.15, -0.1) is 0 Å². The minimum atomic E-state index is -0.518. The molecular weight excluding hydrogens is 552 g/mol. The molecule has 1 N–H and O–H groups in total. The Labute approximate surface area is 200 Å². The summed E-state index contributed by atoms with van der Waals surface area (Å²) in [7, 11) is 0. The number of esters is 1. The van der Waals surface area contributed by atoms with E-state index < -0.39 is 11.9 Å². The highest BCUT2D eigenvalue weighted by Gasteiger charge is 2.15. The standard InChI is InChI=1S/C22H15Br2ClN2O4/c23-16-10-15(12-26-27-20(28)13-30-19-9-5-4-8-18(19)25)21(17(24)11-16)31-22(29)14-6-2-1-3-7-14/h1-12H,13H2,(H,27,28). The van der Waals surface area contributed by atoms with Crippen LogP contribution < -0.4 is 14.9 Å². The van der Waals surface area contributed by atoms with Gasteiger partial charge >= 0.3 is 5.97 Å². The fourth-order valence-electron chi connectivity index (χ4n) is 2.42. The Kier molecular flexibility index (Phi) is 8.22. The lowest BCUT2D eigenvalue weighted by Gasteiger charge is -2.10. The first-order valence-corrected chi connectivity index (χ1v) is 10.9. The molecule has 0 radical (unpaired) electrons. The summed E-state index contributed by atoms with van der Waals surface area (Å²) < 4.78 is 12.2. The van der Waals surface area contributed by atoms with Gasteiger partial charge < -0.3 is 9.47 Å². The van der Waals surface area contributed by atoms with Crippen molar-refractivity contribution in [3.05, 3.63) is 91.8 Å². The lowest BCUT2D eigenvalue weighted by molar-refractivity contribution is -0.123.